The minimum absolute atomic E-state index is 0.330. The Hall–Kier alpha value is -1.59. The van der Waals surface area contributed by atoms with Crippen molar-refractivity contribution in [2.24, 2.45) is 0 Å². The largest absolute Gasteiger partial charge is 0.478 e. The van der Waals surface area contributed by atoms with E-state index in [1.54, 1.807) is 6.20 Å². The van der Waals surface area contributed by atoms with Gasteiger partial charge in [-0.2, -0.15) is 0 Å². The Kier molecular flexibility index (Phi) is 5.32. The molecular weight excluding hydrogens is 306 g/mol. The highest BCUT2D eigenvalue weighted by Gasteiger charge is 2.18. The number of carbonyl (C=O) groups is 1. The van der Waals surface area contributed by atoms with Crippen molar-refractivity contribution < 1.29 is 14.6 Å². The third-order valence-electron chi connectivity index (χ3n) is 4.01. The number of carboxylic acids is 1. The number of para-hydroxylation sites is 1. The average molecular weight is 334 g/mol. The number of aromatic carboxylic acids is 1. The number of benzene rings is 1. The molecular formula is C18H27NO3Si. The van der Waals surface area contributed by atoms with E-state index in [4.69, 9.17) is 4.74 Å². The number of hydrogen-bond acceptors (Lipinski definition) is 2. The maximum absolute atomic E-state index is 11.5. The van der Waals surface area contributed by atoms with E-state index in [1.807, 2.05) is 16.7 Å². The summed E-state index contributed by atoms with van der Waals surface area (Å²) in [6, 6.07) is 6.98. The summed E-state index contributed by atoms with van der Waals surface area (Å²) in [5, 5.41) is 10.2. The first-order valence-corrected chi connectivity index (χ1v) is 11.8. The Bertz CT molecular complexity index is 698. The standard InChI is InChI=1S/C18H27NO3Si/c1-13(2)14-7-6-8-15-16(18(20)21)11-19(17(14)15)12-22-9-10-23(3,4)5/h6-8,11,13H,9-10,12H2,1-5H3,(H,20,21). The molecule has 0 fully saturated rings. The molecule has 0 amide bonds. The smallest absolute Gasteiger partial charge is 0.337 e. The Labute approximate surface area is 139 Å². The first-order valence-electron chi connectivity index (χ1n) is 8.13. The summed E-state index contributed by atoms with van der Waals surface area (Å²) in [6.07, 6.45) is 1.70. The number of nitrogens with zero attached hydrogens (tertiary/aromatic N) is 1. The lowest BCUT2D eigenvalue weighted by molar-refractivity contribution is 0.0696. The lowest BCUT2D eigenvalue weighted by Crippen LogP contribution is -2.22. The third kappa shape index (κ3) is 4.23. The molecule has 0 unspecified atom stereocenters. The SMILES string of the molecule is CC(C)c1cccc2c(C(=O)O)cn(COCC[Si](C)(C)C)c12. The molecule has 0 aliphatic carbocycles. The van der Waals surface area contributed by atoms with Gasteiger partial charge in [-0.05, 0) is 17.5 Å². The van der Waals surface area contributed by atoms with Crippen LogP contribution in [0.2, 0.25) is 25.7 Å². The summed E-state index contributed by atoms with van der Waals surface area (Å²) in [4.78, 5) is 11.5. The third-order valence-corrected chi connectivity index (χ3v) is 5.71. The number of rotatable bonds is 7. The van der Waals surface area contributed by atoms with Crippen LogP contribution in [0.1, 0.15) is 35.7 Å². The molecule has 23 heavy (non-hydrogen) atoms. The molecule has 2 aromatic rings. The van der Waals surface area contributed by atoms with Crippen molar-refractivity contribution in [1.82, 2.24) is 4.57 Å². The summed E-state index contributed by atoms with van der Waals surface area (Å²) in [7, 11) is -1.12. The van der Waals surface area contributed by atoms with Gasteiger partial charge in [0, 0.05) is 26.3 Å². The van der Waals surface area contributed by atoms with Gasteiger partial charge in [0.05, 0.1) is 11.1 Å². The molecule has 1 aromatic carbocycles. The number of fused-ring (bicyclic) bond motifs is 1. The van der Waals surface area contributed by atoms with Gasteiger partial charge in [0.2, 0.25) is 0 Å². The predicted octanol–water partition coefficient (Wildman–Crippen LogP) is 4.78. The molecule has 5 heteroatoms. The number of carboxylic acid groups (broad SMARTS) is 1. The minimum Gasteiger partial charge on any atom is -0.478 e. The molecule has 0 spiro atoms. The van der Waals surface area contributed by atoms with Gasteiger partial charge >= 0.3 is 5.97 Å². The maximum Gasteiger partial charge on any atom is 0.337 e. The van der Waals surface area contributed by atoms with Crippen LogP contribution in [0.15, 0.2) is 24.4 Å². The first-order chi connectivity index (χ1) is 10.7. The van der Waals surface area contributed by atoms with E-state index >= 15 is 0 Å². The van der Waals surface area contributed by atoms with Crippen LogP contribution >= 0.6 is 0 Å². The molecule has 4 nitrogen and oxygen atoms in total. The lowest BCUT2D eigenvalue weighted by Gasteiger charge is -2.16. The Balaban J connectivity index is 2.33. The maximum atomic E-state index is 11.5. The topological polar surface area (TPSA) is 51.5 Å². The van der Waals surface area contributed by atoms with Gasteiger partial charge < -0.3 is 14.4 Å². The predicted molar refractivity (Wildman–Crippen MR) is 97.1 cm³/mol. The Morgan fingerprint density at radius 2 is 2.00 bits per heavy atom. The quantitative estimate of drug-likeness (QED) is 0.586. The molecule has 0 aliphatic heterocycles. The fourth-order valence-electron chi connectivity index (χ4n) is 2.67. The van der Waals surface area contributed by atoms with Gasteiger partial charge in [0.25, 0.3) is 0 Å². The van der Waals surface area contributed by atoms with Gasteiger partial charge in [0.1, 0.15) is 6.73 Å². The van der Waals surface area contributed by atoms with E-state index in [2.05, 4.69) is 39.6 Å². The lowest BCUT2D eigenvalue weighted by atomic mass is 9.99. The van der Waals surface area contributed by atoms with Gasteiger partial charge in [0.15, 0.2) is 0 Å². The molecule has 2 rings (SSSR count). The summed E-state index contributed by atoms with van der Waals surface area (Å²) < 4.78 is 7.78. The number of aromatic nitrogens is 1. The summed E-state index contributed by atoms with van der Waals surface area (Å²) >= 11 is 0. The van der Waals surface area contributed by atoms with Gasteiger partial charge in [-0.1, -0.05) is 51.7 Å². The van der Waals surface area contributed by atoms with Gasteiger partial charge in [-0.15, -0.1) is 0 Å². The van der Waals surface area contributed by atoms with Crippen LogP contribution in [0, 0.1) is 0 Å². The van der Waals surface area contributed by atoms with Crippen LogP contribution in [0.4, 0.5) is 0 Å². The second-order valence-electron chi connectivity index (χ2n) is 7.56. The van der Waals surface area contributed by atoms with E-state index in [-0.39, 0.29) is 0 Å². The van der Waals surface area contributed by atoms with Crippen molar-refractivity contribution >= 4 is 24.9 Å². The van der Waals surface area contributed by atoms with Crippen molar-refractivity contribution in [1.29, 1.82) is 0 Å². The van der Waals surface area contributed by atoms with Gasteiger partial charge in [-0.3, -0.25) is 0 Å². The fourth-order valence-corrected chi connectivity index (χ4v) is 3.43. The molecule has 0 atom stereocenters. The van der Waals surface area contributed by atoms with E-state index in [1.165, 1.54) is 0 Å². The summed E-state index contributed by atoms with van der Waals surface area (Å²) in [5.74, 6) is -0.562. The van der Waals surface area contributed by atoms with Crippen molar-refractivity contribution in [2.75, 3.05) is 6.61 Å². The average Bonchev–Trinajstić information content (AvgIpc) is 2.81. The Morgan fingerprint density at radius 3 is 2.57 bits per heavy atom. The first kappa shape index (κ1) is 17.8. The second-order valence-corrected chi connectivity index (χ2v) is 13.2. The Morgan fingerprint density at radius 1 is 1.30 bits per heavy atom. The van der Waals surface area contributed by atoms with Crippen LogP contribution in [0.3, 0.4) is 0 Å². The zero-order valence-corrected chi connectivity index (χ0v) is 15.7. The molecule has 0 radical (unpaired) electrons. The highest BCUT2D eigenvalue weighted by molar-refractivity contribution is 6.76. The van der Waals surface area contributed by atoms with Gasteiger partial charge in [-0.25, -0.2) is 4.79 Å². The molecule has 126 valence electrons. The molecule has 0 bridgehead atoms. The summed E-state index contributed by atoms with van der Waals surface area (Å²) in [6.45, 7) is 12.3. The van der Waals surface area contributed by atoms with Crippen LogP contribution in [-0.4, -0.2) is 30.3 Å². The normalized spacial score (nSPS) is 12.3. The zero-order valence-electron chi connectivity index (χ0n) is 14.7. The fraction of sp³-hybridized carbons (Fsp3) is 0.500. The molecule has 0 aliphatic rings. The van der Waals surface area contributed by atoms with Crippen molar-refractivity contribution in [3.05, 3.63) is 35.5 Å². The highest BCUT2D eigenvalue weighted by Crippen LogP contribution is 2.29. The molecule has 0 saturated carbocycles. The van der Waals surface area contributed by atoms with E-state index in [0.29, 0.717) is 18.2 Å². The van der Waals surface area contributed by atoms with E-state index < -0.39 is 14.0 Å². The van der Waals surface area contributed by atoms with Crippen molar-refractivity contribution in [3.8, 4) is 0 Å². The highest BCUT2D eigenvalue weighted by atomic mass is 28.3. The van der Waals surface area contributed by atoms with Crippen LogP contribution < -0.4 is 0 Å². The van der Waals surface area contributed by atoms with Crippen LogP contribution in [0.5, 0.6) is 0 Å². The summed E-state index contributed by atoms with van der Waals surface area (Å²) in [5.41, 5.74) is 2.48. The monoisotopic (exact) mass is 333 g/mol. The minimum atomic E-state index is -1.12. The molecule has 1 heterocycles. The second kappa shape index (κ2) is 6.89. The zero-order chi connectivity index (χ0) is 17.2. The molecule has 1 N–H and O–H groups in total. The van der Waals surface area contributed by atoms with Crippen LogP contribution in [0.25, 0.3) is 10.9 Å². The number of ether oxygens (including phenoxy) is 1. The number of hydrogen-bond donors (Lipinski definition) is 1. The van der Waals surface area contributed by atoms with Crippen molar-refractivity contribution in [3.63, 3.8) is 0 Å². The van der Waals surface area contributed by atoms with Crippen molar-refractivity contribution in [2.45, 2.75) is 52.2 Å². The van der Waals surface area contributed by atoms with E-state index in [9.17, 15) is 9.90 Å². The van der Waals surface area contributed by atoms with Crippen LogP contribution in [-0.2, 0) is 11.5 Å². The van der Waals surface area contributed by atoms with E-state index in [0.717, 1.165) is 29.1 Å². The molecule has 0 saturated heterocycles. The molecule has 1 aromatic heterocycles.